The van der Waals surface area contributed by atoms with E-state index in [0.29, 0.717) is 12.2 Å². The lowest BCUT2D eigenvalue weighted by atomic mass is 10.1. The number of rotatable bonds is 6. The summed E-state index contributed by atoms with van der Waals surface area (Å²) in [6.07, 6.45) is 0.863. The van der Waals surface area contributed by atoms with Gasteiger partial charge in [0, 0.05) is 18.2 Å². The number of hydrogen-bond donors (Lipinski definition) is 3. The van der Waals surface area contributed by atoms with Gasteiger partial charge < -0.3 is 21.1 Å². The van der Waals surface area contributed by atoms with Gasteiger partial charge in [-0.05, 0) is 47.7 Å². The van der Waals surface area contributed by atoms with Crippen molar-refractivity contribution in [3.05, 3.63) is 59.7 Å². The molecular formula is C19H21N3O3. The Balaban J connectivity index is 1.52. The van der Waals surface area contributed by atoms with Crippen LogP contribution in [0.4, 0.5) is 10.5 Å². The van der Waals surface area contributed by atoms with Crippen LogP contribution in [0.5, 0.6) is 5.75 Å². The number of nitrogens with two attached hydrogens (primary N) is 1. The fraction of sp³-hybridized carbons (Fsp3) is 0.263. The van der Waals surface area contributed by atoms with Gasteiger partial charge in [-0.2, -0.15) is 0 Å². The standard InChI is InChI=1S/C19H21N3O3/c1-25-15-7-5-13(6-8-15)16-10-17(16)18(23)21-11-12-3-2-4-14(9-12)22-19(20)24/h2-9,16-17H,10-11H2,1H3,(H,21,23)(H3,20,22,24)/t16-,17-/m1/s1. The van der Waals surface area contributed by atoms with E-state index in [-0.39, 0.29) is 17.7 Å². The van der Waals surface area contributed by atoms with E-state index in [1.54, 1.807) is 19.2 Å². The number of amides is 3. The van der Waals surface area contributed by atoms with E-state index in [4.69, 9.17) is 10.5 Å². The van der Waals surface area contributed by atoms with Crippen molar-refractivity contribution in [2.24, 2.45) is 11.7 Å². The zero-order chi connectivity index (χ0) is 17.8. The quantitative estimate of drug-likeness (QED) is 0.755. The third-order valence-corrected chi connectivity index (χ3v) is 4.33. The molecule has 25 heavy (non-hydrogen) atoms. The Morgan fingerprint density at radius 2 is 1.96 bits per heavy atom. The predicted molar refractivity (Wildman–Crippen MR) is 95.3 cm³/mol. The van der Waals surface area contributed by atoms with Crippen molar-refractivity contribution < 1.29 is 14.3 Å². The Bertz CT molecular complexity index is 774. The van der Waals surface area contributed by atoms with Crippen molar-refractivity contribution in [2.45, 2.75) is 18.9 Å². The highest BCUT2D eigenvalue weighted by molar-refractivity contribution is 5.87. The SMILES string of the molecule is COc1ccc([C@H]2C[C@H]2C(=O)NCc2cccc(NC(N)=O)c2)cc1. The van der Waals surface area contributed by atoms with Crippen LogP contribution in [0.3, 0.4) is 0 Å². The van der Waals surface area contributed by atoms with E-state index < -0.39 is 6.03 Å². The molecule has 130 valence electrons. The summed E-state index contributed by atoms with van der Waals surface area (Å²) in [6, 6.07) is 14.5. The van der Waals surface area contributed by atoms with Gasteiger partial charge in [0.1, 0.15) is 5.75 Å². The van der Waals surface area contributed by atoms with Gasteiger partial charge in [-0.3, -0.25) is 4.79 Å². The summed E-state index contributed by atoms with van der Waals surface area (Å²) in [4.78, 5) is 23.2. The molecule has 3 rings (SSSR count). The lowest BCUT2D eigenvalue weighted by Gasteiger charge is -2.08. The molecule has 6 heteroatoms. The molecule has 0 aliphatic heterocycles. The first kappa shape index (κ1) is 16.8. The molecule has 0 radical (unpaired) electrons. The number of anilines is 1. The fourth-order valence-corrected chi connectivity index (χ4v) is 2.93. The summed E-state index contributed by atoms with van der Waals surface area (Å²) >= 11 is 0. The summed E-state index contributed by atoms with van der Waals surface area (Å²) in [6.45, 7) is 0.416. The molecule has 1 fully saturated rings. The van der Waals surface area contributed by atoms with E-state index >= 15 is 0 Å². The highest BCUT2D eigenvalue weighted by Gasteiger charge is 2.43. The van der Waals surface area contributed by atoms with Crippen molar-refractivity contribution in [1.82, 2.24) is 5.32 Å². The van der Waals surface area contributed by atoms with Gasteiger partial charge >= 0.3 is 6.03 Å². The molecule has 2 aromatic carbocycles. The molecule has 4 N–H and O–H groups in total. The Morgan fingerprint density at radius 1 is 1.20 bits per heavy atom. The van der Waals surface area contributed by atoms with Crippen LogP contribution < -0.4 is 21.1 Å². The maximum atomic E-state index is 12.3. The summed E-state index contributed by atoms with van der Waals surface area (Å²) < 4.78 is 5.15. The normalized spacial score (nSPS) is 18.3. The van der Waals surface area contributed by atoms with Gasteiger partial charge in [-0.15, -0.1) is 0 Å². The van der Waals surface area contributed by atoms with Crippen molar-refractivity contribution in [3.8, 4) is 5.75 Å². The zero-order valence-corrected chi connectivity index (χ0v) is 14.0. The lowest BCUT2D eigenvalue weighted by molar-refractivity contribution is -0.122. The fourth-order valence-electron chi connectivity index (χ4n) is 2.93. The number of carbonyl (C=O) groups is 2. The van der Waals surface area contributed by atoms with E-state index in [2.05, 4.69) is 10.6 Å². The average molecular weight is 339 g/mol. The molecule has 0 heterocycles. The number of benzene rings is 2. The van der Waals surface area contributed by atoms with Crippen LogP contribution in [0.25, 0.3) is 0 Å². The number of urea groups is 1. The van der Waals surface area contributed by atoms with Crippen molar-refractivity contribution in [3.63, 3.8) is 0 Å². The van der Waals surface area contributed by atoms with Gasteiger partial charge in [0.25, 0.3) is 0 Å². The Labute approximate surface area is 146 Å². The Morgan fingerprint density at radius 3 is 2.64 bits per heavy atom. The van der Waals surface area contributed by atoms with Crippen molar-refractivity contribution in [2.75, 3.05) is 12.4 Å². The Kier molecular flexibility index (Phi) is 4.88. The molecule has 0 saturated heterocycles. The molecule has 1 saturated carbocycles. The maximum Gasteiger partial charge on any atom is 0.316 e. The number of nitrogens with one attached hydrogen (secondary N) is 2. The van der Waals surface area contributed by atoms with E-state index in [1.807, 2.05) is 36.4 Å². The summed E-state index contributed by atoms with van der Waals surface area (Å²) in [5.74, 6) is 1.15. The van der Waals surface area contributed by atoms with Crippen LogP contribution in [-0.4, -0.2) is 19.0 Å². The van der Waals surface area contributed by atoms with Crippen molar-refractivity contribution in [1.29, 1.82) is 0 Å². The van der Waals surface area contributed by atoms with Gasteiger partial charge in [0.15, 0.2) is 0 Å². The van der Waals surface area contributed by atoms with E-state index in [9.17, 15) is 9.59 Å². The highest BCUT2D eigenvalue weighted by Crippen LogP contribution is 2.47. The van der Waals surface area contributed by atoms with Crippen LogP contribution in [-0.2, 0) is 11.3 Å². The second kappa shape index (κ2) is 7.25. The molecule has 0 aromatic heterocycles. The van der Waals surface area contributed by atoms with Gasteiger partial charge in [0.05, 0.1) is 7.11 Å². The van der Waals surface area contributed by atoms with E-state index in [0.717, 1.165) is 23.3 Å². The van der Waals surface area contributed by atoms with Gasteiger partial charge in [-0.1, -0.05) is 24.3 Å². The van der Waals surface area contributed by atoms with Gasteiger partial charge in [0.2, 0.25) is 5.91 Å². The zero-order valence-electron chi connectivity index (χ0n) is 14.0. The third-order valence-electron chi connectivity index (χ3n) is 4.33. The first-order valence-corrected chi connectivity index (χ1v) is 8.14. The van der Waals surface area contributed by atoms with Crippen LogP contribution in [0.2, 0.25) is 0 Å². The molecule has 1 aliphatic rings. The molecule has 0 spiro atoms. The average Bonchev–Trinajstić information content (AvgIpc) is 3.40. The first-order valence-electron chi connectivity index (χ1n) is 8.14. The predicted octanol–water partition coefficient (Wildman–Crippen LogP) is 2.61. The van der Waals surface area contributed by atoms with Gasteiger partial charge in [-0.25, -0.2) is 4.79 Å². The number of methoxy groups -OCH3 is 1. The minimum atomic E-state index is -0.610. The molecule has 0 unspecified atom stereocenters. The Hall–Kier alpha value is -3.02. The first-order chi connectivity index (χ1) is 12.1. The smallest absolute Gasteiger partial charge is 0.316 e. The second-order valence-electron chi connectivity index (χ2n) is 6.13. The molecule has 3 amide bonds. The topological polar surface area (TPSA) is 93.4 Å². The third kappa shape index (κ3) is 4.29. The highest BCUT2D eigenvalue weighted by atomic mass is 16.5. The lowest BCUT2D eigenvalue weighted by Crippen LogP contribution is -2.25. The number of carbonyl (C=O) groups excluding carboxylic acids is 2. The number of ether oxygens (including phenoxy) is 1. The summed E-state index contributed by atoms with van der Waals surface area (Å²) in [7, 11) is 1.64. The molecule has 1 aliphatic carbocycles. The number of primary amides is 1. The molecule has 6 nitrogen and oxygen atoms in total. The number of hydrogen-bond acceptors (Lipinski definition) is 3. The maximum absolute atomic E-state index is 12.3. The van der Waals surface area contributed by atoms with E-state index in [1.165, 1.54) is 0 Å². The van der Waals surface area contributed by atoms with Crippen LogP contribution >= 0.6 is 0 Å². The minimum Gasteiger partial charge on any atom is -0.497 e. The van der Waals surface area contributed by atoms with Crippen LogP contribution in [0, 0.1) is 5.92 Å². The molecule has 2 atom stereocenters. The monoisotopic (exact) mass is 339 g/mol. The molecule has 0 bridgehead atoms. The minimum absolute atomic E-state index is 0.0142. The van der Waals surface area contributed by atoms with Crippen LogP contribution in [0.1, 0.15) is 23.5 Å². The van der Waals surface area contributed by atoms with Crippen molar-refractivity contribution >= 4 is 17.6 Å². The molecule has 2 aromatic rings. The summed E-state index contributed by atoms with van der Waals surface area (Å²) in [5.41, 5.74) is 7.78. The summed E-state index contributed by atoms with van der Waals surface area (Å²) in [5, 5.41) is 5.48. The largest absolute Gasteiger partial charge is 0.497 e. The van der Waals surface area contributed by atoms with Crippen LogP contribution in [0.15, 0.2) is 48.5 Å². The second-order valence-corrected chi connectivity index (χ2v) is 6.13. The molecular weight excluding hydrogens is 318 g/mol.